The molecule has 1 aliphatic rings. The number of carbonyl (C=O) groups excluding carboxylic acids is 1. The molecule has 1 aromatic carbocycles. The lowest BCUT2D eigenvalue weighted by molar-refractivity contribution is -0.0201. The number of carbonyl (C=O) groups is 1. The Kier molecular flexibility index (Phi) is 5.52. The number of benzene rings is 1. The van der Waals surface area contributed by atoms with Crippen molar-refractivity contribution in [3.05, 3.63) is 45.9 Å². The molecule has 0 unspecified atom stereocenters. The average molecular weight is 382 g/mol. The SMILES string of the molecule is CC(C)c1csc(C(=O)N2CC[C@@H](Oc3cc(F)cc(F)c3)[C@H](O)C2)n1. The summed E-state index contributed by atoms with van der Waals surface area (Å²) in [7, 11) is 0. The molecular formula is C18H20F2N2O3S. The molecule has 1 fully saturated rings. The number of aliphatic hydroxyl groups excluding tert-OH is 1. The summed E-state index contributed by atoms with van der Waals surface area (Å²) >= 11 is 1.29. The number of amides is 1. The highest BCUT2D eigenvalue weighted by atomic mass is 32.1. The van der Waals surface area contributed by atoms with Gasteiger partial charge in [-0.15, -0.1) is 11.3 Å². The molecule has 3 rings (SSSR count). The van der Waals surface area contributed by atoms with Gasteiger partial charge < -0.3 is 14.7 Å². The Morgan fingerprint density at radius 2 is 2.04 bits per heavy atom. The highest BCUT2D eigenvalue weighted by molar-refractivity contribution is 7.11. The Hall–Kier alpha value is -2.06. The molecule has 0 radical (unpaired) electrons. The molecule has 1 N–H and O–H groups in total. The van der Waals surface area contributed by atoms with E-state index in [1.165, 1.54) is 16.2 Å². The maximum Gasteiger partial charge on any atom is 0.282 e. The van der Waals surface area contributed by atoms with Gasteiger partial charge in [-0.2, -0.15) is 0 Å². The molecule has 1 amide bonds. The number of hydrogen-bond acceptors (Lipinski definition) is 5. The van der Waals surface area contributed by atoms with Crippen LogP contribution in [0.15, 0.2) is 23.6 Å². The van der Waals surface area contributed by atoms with Crippen molar-refractivity contribution < 1.29 is 23.4 Å². The van der Waals surface area contributed by atoms with E-state index < -0.39 is 23.8 Å². The number of nitrogens with zero attached hydrogens (tertiary/aromatic N) is 2. The molecule has 2 atom stereocenters. The van der Waals surface area contributed by atoms with Gasteiger partial charge >= 0.3 is 0 Å². The summed E-state index contributed by atoms with van der Waals surface area (Å²) in [6, 6.07) is 2.89. The van der Waals surface area contributed by atoms with Crippen LogP contribution < -0.4 is 4.74 Å². The van der Waals surface area contributed by atoms with Gasteiger partial charge in [0.1, 0.15) is 29.6 Å². The van der Waals surface area contributed by atoms with Crippen molar-refractivity contribution in [3.8, 4) is 5.75 Å². The first-order valence-corrected chi connectivity index (χ1v) is 9.27. The topological polar surface area (TPSA) is 62.7 Å². The first kappa shape index (κ1) is 18.7. The minimum atomic E-state index is -0.955. The van der Waals surface area contributed by atoms with Gasteiger partial charge in [0, 0.05) is 36.5 Å². The highest BCUT2D eigenvalue weighted by Gasteiger charge is 2.33. The van der Waals surface area contributed by atoms with Gasteiger partial charge in [-0.25, -0.2) is 13.8 Å². The first-order chi connectivity index (χ1) is 12.3. The van der Waals surface area contributed by atoms with Gasteiger partial charge in [0.2, 0.25) is 0 Å². The number of ether oxygens (including phenoxy) is 1. The smallest absolute Gasteiger partial charge is 0.282 e. The van der Waals surface area contributed by atoms with Gasteiger partial charge in [0.15, 0.2) is 5.01 Å². The molecule has 0 saturated carbocycles. The van der Waals surface area contributed by atoms with Crippen LogP contribution in [-0.4, -0.2) is 46.2 Å². The third kappa shape index (κ3) is 4.19. The molecule has 2 aromatic rings. The van der Waals surface area contributed by atoms with Crippen LogP contribution in [0.5, 0.6) is 5.75 Å². The van der Waals surface area contributed by atoms with Crippen LogP contribution >= 0.6 is 11.3 Å². The third-order valence-electron chi connectivity index (χ3n) is 4.23. The molecule has 0 spiro atoms. The van der Waals surface area contributed by atoms with Crippen molar-refractivity contribution in [1.29, 1.82) is 0 Å². The van der Waals surface area contributed by atoms with Crippen LogP contribution in [0, 0.1) is 11.6 Å². The zero-order valence-electron chi connectivity index (χ0n) is 14.5. The van der Waals surface area contributed by atoms with Crippen molar-refractivity contribution in [2.45, 2.75) is 38.4 Å². The van der Waals surface area contributed by atoms with E-state index in [1.807, 2.05) is 19.2 Å². The van der Waals surface area contributed by atoms with Crippen molar-refractivity contribution in [1.82, 2.24) is 9.88 Å². The molecule has 5 nitrogen and oxygen atoms in total. The number of rotatable bonds is 4. The van der Waals surface area contributed by atoms with Crippen molar-refractivity contribution in [3.63, 3.8) is 0 Å². The van der Waals surface area contributed by atoms with Crippen molar-refractivity contribution in [2.24, 2.45) is 0 Å². The number of thiazole rings is 1. The van der Waals surface area contributed by atoms with E-state index in [-0.39, 0.29) is 24.1 Å². The van der Waals surface area contributed by atoms with E-state index in [2.05, 4.69) is 4.98 Å². The summed E-state index contributed by atoms with van der Waals surface area (Å²) in [6.07, 6.45) is -1.24. The second kappa shape index (κ2) is 7.67. The standard InChI is InChI=1S/C18H20F2N2O3S/c1-10(2)14-9-26-17(21-14)18(24)22-4-3-16(15(23)8-22)25-13-6-11(19)5-12(20)7-13/h5-7,9-10,15-16,23H,3-4,8H2,1-2H3/t15-,16-/m1/s1. The quantitative estimate of drug-likeness (QED) is 0.882. The zero-order valence-corrected chi connectivity index (χ0v) is 15.3. The van der Waals surface area contributed by atoms with Crippen LogP contribution in [0.2, 0.25) is 0 Å². The fourth-order valence-electron chi connectivity index (χ4n) is 2.79. The van der Waals surface area contributed by atoms with E-state index in [0.717, 1.165) is 23.9 Å². The predicted octanol–water partition coefficient (Wildman–Crippen LogP) is 3.20. The number of β-amino-alcohol motifs (C(OH)–C–C–N with tert-alkyl or cyclic N) is 1. The lowest BCUT2D eigenvalue weighted by Gasteiger charge is -2.35. The molecule has 26 heavy (non-hydrogen) atoms. The minimum Gasteiger partial charge on any atom is -0.487 e. The summed E-state index contributed by atoms with van der Waals surface area (Å²) in [5.41, 5.74) is 0.866. The summed E-state index contributed by atoms with van der Waals surface area (Å²) in [5.74, 6) is -1.45. The van der Waals surface area contributed by atoms with E-state index in [9.17, 15) is 18.7 Å². The molecule has 0 aliphatic carbocycles. The maximum atomic E-state index is 13.3. The van der Waals surface area contributed by atoms with Crippen LogP contribution in [0.1, 0.15) is 41.7 Å². The highest BCUT2D eigenvalue weighted by Crippen LogP contribution is 2.24. The number of likely N-dealkylation sites (tertiary alicyclic amines) is 1. The monoisotopic (exact) mass is 382 g/mol. The van der Waals surface area contributed by atoms with Crippen LogP contribution in [0.3, 0.4) is 0 Å². The number of halogens is 2. The van der Waals surface area contributed by atoms with Gasteiger partial charge in [0.05, 0.1) is 12.2 Å². The molecule has 1 aromatic heterocycles. The molecule has 2 heterocycles. The Balaban J connectivity index is 1.63. The van der Waals surface area contributed by atoms with Gasteiger partial charge in [-0.1, -0.05) is 13.8 Å². The summed E-state index contributed by atoms with van der Waals surface area (Å²) < 4.78 is 32.0. The number of hydrogen-bond donors (Lipinski definition) is 1. The van der Waals surface area contributed by atoms with Crippen LogP contribution in [0.4, 0.5) is 8.78 Å². The summed E-state index contributed by atoms with van der Waals surface area (Å²) in [6.45, 7) is 4.46. The van der Waals surface area contributed by atoms with Gasteiger partial charge in [-0.05, 0) is 5.92 Å². The molecule has 1 aliphatic heterocycles. The molecule has 1 saturated heterocycles. The second-order valence-corrected chi connectivity index (χ2v) is 7.46. The lowest BCUT2D eigenvalue weighted by Crippen LogP contribution is -2.51. The van der Waals surface area contributed by atoms with E-state index in [4.69, 9.17) is 4.74 Å². The summed E-state index contributed by atoms with van der Waals surface area (Å²) in [5, 5.41) is 12.6. The lowest BCUT2D eigenvalue weighted by atomic mass is 10.0. The van der Waals surface area contributed by atoms with E-state index in [0.29, 0.717) is 18.0 Å². The summed E-state index contributed by atoms with van der Waals surface area (Å²) in [4.78, 5) is 18.4. The molecule has 8 heteroatoms. The second-order valence-electron chi connectivity index (χ2n) is 6.60. The number of aromatic nitrogens is 1. The Morgan fingerprint density at radius 3 is 2.62 bits per heavy atom. The Morgan fingerprint density at radius 1 is 1.35 bits per heavy atom. The zero-order chi connectivity index (χ0) is 18.8. The number of piperidine rings is 1. The third-order valence-corrected chi connectivity index (χ3v) is 5.08. The maximum absolute atomic E-state index is 13.3. The number of aliphatic hydroxyl groups is 1. The van der Waals surface area contributed by atoms with Crippen LogP contribution in [-0.2, 0) is 0 Å². The molecule has 0 bridgehead atoms. The van der Waals surface area contributed by atoms with Crippen LogP contribution in [0.25, 0.3) is 0 Å². The van der Waals surface area contributed by atoms with E-state index >= 15 is 0 Å². The van der Waals surface area contributed by atoms with E-state index in [1.54, 1.807) is 0 Å². The largest absolute Gasteiger partial charge is 0.487 e. The average Bonchev–Trinajstić information content (AvgIpc) is 3.05. The molecular weight excluding hydrogens is 362 g/mol. The fraction of sp³-hybridized carbons (Fsp3) is 0.444. The van der Waals surface area contributed by atoms with Crippen molar-refractivity contribution in [2.75, 3.05) is 13.1 Å². The van der Waals surface area contributed by atoms with Gasteiger partial charge in [-0.3, -0.25) is 4.79 Å². The first-order valence-electron chi connectivity index (χ1n) is 8.39. The van der Waals surface area contributed by atoms with Crippen molar-refractivity contribution >= 4 is 17.2 Å². The van der Waals surface area contributed by atoms with Gasteiger partial charge in [0.25, 0.3) is 5.91 Å². The Bertz CT molecular complexity index is 776. The normalized spacial score (nSPS) is 20.5. The fourth-order valence-corrected chi connectivity index (χ4v) is 3.73. The Labute approximate surface area is 154 Å². The minimum absolute atomic E-state index is 0.0211. The molecule has 140 valence electrons. The predicted molar refractivity (Wildman–Crippen MR) is 93.5 cm³/mol.